The summed E-state index contributed by atoms with van der Waals surface area (Å²) in [5.74, 6) is -0.455. The van der Waals surface area contributed by atoms with E-state index in [2.05, 4.69) is 15.8 Å². The van der Waals surface area contributed by atoms with Crippen LogP contribution in [0.25, 0.3) is 10.8 Å². The van der Waals surface area contributed by atoms with Gasteiger partial charge in [-0.3, -0.25) is 9.59 Å². The van der Waals surface area contributed by atoms with Gasteiger partial charge in [0.15, 0.2) is 0 Å². The lowest BCUT2D eigenvalue weighted by molar-refractivity contribution is -0.120. The molecular formula is C30H27N3O5. The number of carbonyl (C=O) groups excluding carboxylic acids is 3. The van der Waals surface area contributed by atoms with Gasteiger partial charge in [-0.05, 0) is 67.1 Å². The van der Waals surface area contributed by atoms with E-state index in [1.165, 1.54) is 6.21 Å². The molecule has 0 heterocycles. The predicted molar refractivity (Wildman–Crippen MR) is 146 cm³/mol. The van der Waals surface area contributed by atoms with E-state index in [4.69, 9.17) is 9.47 Å². The summed E-state index contributed by atoms with van der Waals surface area (Å²) in [7, 11) is 0. The van der Waals surface area contributed by atoms with Crippen LogP contribution in [0.1, 0.15) is 38.8 Å². The number of esters is 1. The van der Waals surface area contributed by atoms with Crippen molar-refractivity contribution in [3.63, 3.8) is 0 Å². The minimum Gasteiger partial charge on any atom is -0.494 e. The highest BCUT2D eigenvalue weighted by atomic mass is 16.5. The van der Waals surface area contributed by atoms with Crippen LogP contribution in [0, 0.1) is 6.92 Å². The molecule has 0 aliphatic carbocycles. The summed E-state index contributed by atoms with van der Waals surface area (Å²) in [4.78, 5) is 37.4. The van der Waals surface area contributed by atoms with Crippen molar-refractivity contribution in [1.29, 1.82) is 0 Å². The van der Waals surface area contributed by atoms with Crippen LogP contribution in [0.2, 0.25) is 0 Å². The highest BCUT2D eigenvalue weighted by molar-refractivity contribution is 6.04. The Morgan fingerprint density at radius 2 is 1.68 bits per heavy atom. The topological polar surface area (TPSA) is 106 Å². The summed E-state index contributed by atoms with van der Waals surface area (Å²) < 4.78 is 11.1. The first-order valence-corrected chi connectivity index (χ1v) is 12.1. The number of hydrazone groups is 1. The molecule has 0 fully saturated rings. The number of ether oxygens (including phenoxy) is 2. The Morgan fingerprint density at radius 3 is 2.45 bits per heavy atom. The highest BCUT2D eigenvalue weighted by Crippen LogP contribution is 2.27. The second kappa shape index (κ2) is 12.3. The molecule has 4 aromatic rings. The van der Waals surface area contributed by atoms with Gasteiger partial charge in [0.05, 0.1) is 24.9 Å². The Hall–Kier alpha value is -4.98. The summed E-state index contributed by atoms with van der Waals surface area (Å²) in [5, 5.41) is 8.31. The summed E-state index contributed by atoms with van der Waals surface area (Å²) in [6.45, 7) is 4.04. The molecule has 0 aromatic heterocycles. The van der Waals surface area contributed by atoms with Crippen molar-refractivity contribution in [3.05, 3.63) is 107 Å². The van der Waals surface area contributed by atoms with Crippen molar-refractivity contribution in [3.8, 4) is 11.5 Å². The molecule has 0 bridgehead atoms. The van der Waals surface area contributed by atoms with Crippen LogP contribution in [-0.2, 0) is 4.79 Å². The maximum atomic E-state index is 12.8. The lowest BCUT2D eigenvalue weighted by atomic mass is 10.0. The van der Waals surface area contributed by atoms with Gasteiger partial charge < -0.3 is 14.8 Å². The van der Waals surface area contributed by atoms with Crippen LogP contribution in [0.5, 0.6) is 11.5 Å². The zero-order chi connectivity index (χ0) is 26.9. The standard InChI is InChI=1S/C30H27N3O5/c1-3-37-24-14-11-22(12-15-24)30(36)38-27-16-13-21-8-4-5-10-25(21)26(27)18-32-33-28(34)19-31-29(35)23-9-6-7-20(2)17-23/h4-18H,3,19H2,1-2H3,(H,31,35)(H,33,34)/b32-18-. The molecule has 4 aromatic carbocycles. The van der Waals surface area contributed by atoms with E-state index in [1.807, 2.05) is 50.2 Å². The minimum atomic E-state index is -0.541. The Kier molecular flexibility index (Phi) is 8.46. The summed E-state index contributed by atoms with van der Waals surface area (Å²) in [6.07, 6.45) is 1.42. The molecule has 0 saturated carbocycles. The molecule has 38 heavy (non-hydrogen) atoms. The molecule has 2 N–H and O–H groups in total. The molecule has 0 aliphatic rings. The summed E-state index contributed by atoms with van der Waals surface area (Å²) in [5.41, 5.74) is 4.70. The zero-order valence-electron chi connectivity index (χ0n) is 21.1. The Balaban J connectivity index is 1.46. The van der Waals surface area contributed by atoms with Crippen molar-refractivity contribution in [1.82, 2.24) is 10.7 Å². The molecule has 4 rings (SSSR count). The fraction of sp³-hybridized carbons (Fsp3) is 0.133. The first-order valence-electron chi connectivity index (χ1n) is 12.1. The number of rotatable bonds is 9. The fourth-order valence-electron chi connectivity index (χ4n) is 3.77. The van der Waals surface area contributed by atoms with E-state index in [0.717, 1.165) is 16.3 Å². The quantitative estimate of drug-likeness (QED) is 0.148. The normalized spacial score (nSPS) is 10.8. The molecule has 0 unspecified atom stereocenters. The number of nitrogens with one attached hydrogen (secondary N) is 2. The van der Waals surface area contributed by atoms with Crippen LogP contribution >= 0.6 is 0 Å². The lowest BCUT2D eigenvalue weighted by Gasteiger charge is -2.11. The molecule has 0 saturated heterocycles. The van der Waals surface area contributed by atoms with Crippen molar-refractivity contribution in [2.45, 2.75) is 13.8 Å². The van der Waals surface area contributed by atoms with Gasteiger partial charge in [-0.15, -0.1) is 0 Å². The first kappa shape index (κ1) is 26.1. The molecule has 2 amide bonds. The largest absolute Gasteiger partial charge is 0.494 e. The van der Waals surface area contributed by atoms with Gasteiger partial charge in [0, 0.05) is 11.1 Å². The third-order valence-electron chi connectivity index (χ3n) is 5.61. The monoisotopic (exact) mass is 509 g/mol. The van der Waals surface area contributed by atoms with Gasteiger partial charge in [-0.1, -0.05) is 48.0 Å². The molecule has 0 spiro atoms. The van der Waals surface area contributed by atoms with Gasteiger partial charge >= 0.3 is 5.97 Å². The predicted octanol–water partition coefficient (Wildman–Crippen LogP) is 4.65. The van der Waals surface area contributed by atoms with Crippen molar-refractivity contribution in [2.75, 3.05) is 13.2 Å². The van der Waals surface area contributed by atoms with E-state index >= 15 is 0 Å². The zero-order valence-corrected chi connectivity index (χ0v) is 21.1. The van der Waals surface area contributed by atoms with Gasteiger partial charge in [0.2, 0.25) is 0 Å². The van der Waals surface area contributed by atoms with Gasteiger partial charge in [0.1, 0.15) is 11.5 Å². The van der Waals surface area contributed by atoms with Gasteiger partial charge in [-0.2, -0.15) is 5.10 Å². The van der Waals surface area contributed by atoms with Crippen molar-refractivity contribution in [2.24, 2.45) is 5.10 Å². The van der Waals surface area contributed by atoms with Gasteiger partial charge in [-0.25, -0.2) is 10.2 Å². The lowest BCUT2D eigenvalue weighted by Crippen LogP contribution is -2.34. The maximum absolute atomic E-state index is 12.8. The number of amides is 2. The van der Waals surface area contributed by atoms with E-state index in [-0.39, 0.29) is 18.2 Å². The molecular weight excluding hydrogens is 482 g/mol. The Labute approximate surface area is 220 Å². The average Bonchev–Trinajstić information content (AvgIpc) is 2.93. The molecule has 8 nitrogen and oxygen atoms in total. The second-order valence-electron chi connectivity index (χ2n) is 8.39. The number of carbonyl (C=O) groups is 3. The van der Waals surface area contributed by atoms with E-state index in [9.17, 15) is 14.4 Å². The number of fused-ring (bicyclic) bond motifs is 1. The molecule has 8 heteroatoms. The average molecular weight is 510 g/mol. The van der Waals surface area contributed by atoms with Crippen LogP contribution in [0.4, 0.5) is 0 Å². The first-order chi connectivity index (χ1) is 18.4. The highest BCUT2D eigenvalue weighted by Gasteiger charge is 2.14. The smallest absolute Gasteiger partial charge is 0.343 e. The minimum absolute atomic E-state index is 0.251. The molecule has 192 valence electrons. The summed E-state index contributed by atoms with van der Waals surface area (Å²) in [6, 6.07) is 24.8. The molecule has 0 atom stereocenters. The number of hydrogen-bond acceptors (Lipinski definition) is 6. The molecule has 0 aliphatic heterocycles. The van der Waals surface area contributed by atoms with E-state index < -0.39 is 11.9 Å². The van der Waals surface area contributed by atoms with Gasteiger partial charge in [0.25, 0.3) is 11.8 Å². The SMILES string of the molecule is CCOc1ccc(C(=O)Oc2ccc3ccccc3c2/C=N\NC(=O)CNC(=O)c2cccc(C)c2)cc1. The van der Waals surface area contributed by atoms with Crippen molar-refractivity contribution >= 4 is 34.8 Å². The van der Waals surface area contributed by atoms with Crippen LogP contribution in [0.3, 0.4) is 0 Å². The molecule has 0 radical (unpaired) electrons. The number of aryl methyl sites for hydroxylation is 1. The third-order valence-corrected chi connectivity index (χ3v) is 5.61. The Morgan fingerprint density at radius 1 is 0.895 bits per heavy atom. The Bertz CT molecular complexity index is 1500. The fourth-order valence-corrected chi connectivity index (χ4v) is 3.77. The van der Waals surface area contributed by atoms with Crippen LogP contribution in [0.15, 0.2) is 90.0 Å². The van der Waals surface area contributed by atoms with Crippen molar-refractivity contribution < 1.29 is 23.9 Å². The van der Waals surface area contributed by atoms with E-state index in [1.54, 1.807) is 48.5 Å². The number of hydrogen-bond donors (Lipinski definition) is 2. The second-order valence-corrected chi connectivity index (χ2v) is 8.39. The number of nitrogens with zero attached hydrogens (tertiary/aromatic N) is 1. The van der Waals surface area contributed by atoms with E-state index in [0.29, 0.717) is 29.0 Å². The maximum Gasteiger partial charge on any atom is 0.343 e. The number of benzene rings is 4. The summed E-state index contributed by atoms with van der Waals surface area (Å²) >= 11 is 0. The van der Waals surface area contributed by atoms with Crippen LogP contribution < -0.4 is 20.2 Å². The third kappa shape index (κ3) is 6.61. The van der Waals surface area contributed by atoms with Crippen LogP contribution in [-0.4, -0.2) is 37.1 Å².